The quantitative estimate of drug-likeness (QED) is 0.541. The molecule has 1 aromatic carbocycles. The van der Waals surface area contributed by atoms with Crippen LogP contribution >= 0.6 is 0 Å². The fourth-order valence-corrected chi connectivity index (χ4v) is 5.24. The number of hydrogen-bond acceptors (Lipinski definition) is 3. The van der Waals surface area contributed by atoms with Crippen LogP contribution in [0, 0.1) is 0 Å². The number of rotatable bonds is 7. The van der Waals surface area contributed by atoms with Gasteiger partial charge in [0.1, 0.15) is 0 Å². The topological polar surface area (TPSA) is 48.9 Å². The Morgan fingerprint density at radius 3 is 2.59 bits per heavy atom. The second-order valence-electron chi connectivity index (χ2n) is 9.03. The Balaban J connectivity index is 1.39. The van der Waals surface area contributed by atoms with Crippen molar-refractivity contribution in [2.75, 3.05) is 13.6 Å². The minimum Gasteiger partial charge on any atom is -0.373 e. The maximum Gasteiger partial charge on any atom is 0.191 e. The lowest BCUT2D eigenvalue weighted by molar-refractivity contribution is 0.0992. The Labute approximate surface area is 176 Å². The van der Waals surface area contributed by atoms with Gasteiger partial charge in [-0.05, 0) is 57.2 Å². The van der Waals surface area contributed by atoms with Gasteiger partial charge < -0.3 is 15.4 Å². The van der Waals surface area contributed by atoms with Gasteiger partial charge in [0.2, 0.25) is 0 Å². The van der Waals surface area contributed by atoms with Gasteiger partial charge in [0.15, 0.2) is 5.96 Å². The predicted octanol–water partition coefficient (Wildman–Crippen LogP) is 3.83. The van der Waals surface area contributed by atoms with Crippen molar-refractivity contribution in [1.29, 1.82) is 0 Å². The van der Waals surface area contributed by atoms with Crippen LogP contribution < -0.4 is 10.6 Å². The van der Waals surface area contributed by atoms with Crippen LogP contribution in [0.5, 0.6) is 0 Å². The van der Waals surface area contributed by atoms with Crippen LogP contribution in [0.2, 0.25) is 0 Å². The molecule has 160 valence electrons. The van der Waals surface area contributed by atoms with Crippen LogP contribution in [0.15, 0.2) is 29.3 Å². The Hall–Kier alpha value is -1.59. The average molecular weight is 399 g/mol. The van der Waals surface area contributed by atoms with Gasteiger partial charge in [0, 0.05) is 19.1 Å². The Morgan fingerprint density at radius 1 is 1.10 bits per heavy atom. The molecule has 3 atom stereocenters. The maximum atomic E-state index is 6.00. The lowest BCUT2D eigenvalue weighted by Gasteiger charge is -2.31. The van der Waals surface area contributed by atoms with Gasteiger partial charge in [-0.25, -0.2) is 4.99 Å². The van der Waals surface area contributed by atoms with E-state index in [-0.39, 0.29) is 0 Å². The largest absolute Gasteiger partial charge is 0.373 e. The molecule has 2 bridgehead atoms. The molecular weight excluding hydrogens is 360 g/mol. The SMILES string of the molecule is CCNC(=NCc1ccccc1CN(C)C1CCCCC1)NC1CC2CCC1O2. The fourth-order valence-electron chi connectivity index (χ4n) is 5.24. The summed E-state index contributed by atoms with van der Waals surface area (Å²) < 4.78 is 6.00. The zero-order chi connectivity index (χ0) is 20.1. The number of nitrogens with zero attached hydrogens (tertiary/aromatic N) is 2. The molecule has 5 nitrogen and oxygen atoms in total. The third kappa shape index (κ3) is 5.32. The molecule has 3 fully saturated rings. The van der Waals surface area contributed by atoms with Crippen molar-refractivity contribution in [2.24, 2.45) is 4.99 Å². The van der Waals surface area contributed by atoms with Gasteiger partial charge in [0.25, 0.3) is 0 Å². The summed E-state index contributed by atoms with van der Waals surface area (Å²) in [5, 5.41) is 7.06. The molecule has 0 aromatic heterocycles. The van der Waals surface area contributed by atoms with E-state index >= 15 is 0 Å². The first kappa shape index (κ1) is 20.7. The Kier molecular flexibility index (Phi) is 7.09. The minimum atomic E-state index is 0.361. The summed E-state index contributed by atoms with van der Waals surface area (Å²) in [4.78, 5) is 7.48. The number of hydrogen-bond donors (Lipinski definition) is 2. The molecule has 29 heavy (non-hydrogen) atoms. The molecule has 0 radical (unpaired) electrons. The van der Waals surface area contributed by atoms with E-state index in [1.807, 2.05) is 0 Å². The van der Waals surface area contributed by atoms with Gasteiger partial charge in [-0.15, -0.1) is 0 Å². The molecule has 1 aliphatic carbocycles. The third-order valence-corrected chi connectivity index (χ3v) is 6.92. The Bertz CT molecular complexity index is 685. The number of fused-ring (bicyclic) bond motifs is 2. The maximum absolute atomic E-state index is 6.00. The van der Waals surface area contributed by atoms with Crippen LogP contribution in [-0.4, -0.2) is 48.7 Å². The van der Waals surface area contributed by atoms with Gasteiger partial charge in [-0.2, -0.15) is 0 Å². The summed E-state index contributed by atoms with van der Waals surface area (Å²) in [5.74, 6) is 0.920. The van der Waals surface area contributed by atoms with Gasteiger partial charge in [-0.1, -0.05) is 43.5 Å². The van der Waals surface area contributed by atoms with Gasteiger partial charge in [-0.3, -0.25) is 4.90 Å². The van der Waals surface area contributed by atoms with Gasteiger partial charge >= 0.3 is 0 Å². The molecule has 5 heteroatoms. The molecule has 3 unspecified atom stereocenters. The first-order valence-corrected chi connectivity index (χ1v) is 11.7. The van der Waals surface area contributed by atoms with E-state index in [0.29, 0.717) is 24.8 Å². The summed E-state index contributed by atoms with van der Waals surface area (Å²) in [6, 6.07) is 9.94. The van der Waals surface area contributed by atoms with Crippen molar-refractivity contribution in [3.63, 3.8) is 0 Å². The van der Waals surface area contributed by atoms with Crippen molar-refractivity contribution in [2.45, 2.75) is 95.7 Å². The van der Waals surface area contributed by atoms with Crippen LogP contribution in [0.3, 0.4) is 0 Å². The van der Waals surface area contributed by atoms with E-state index in [4.69, 9.17) is 9.73 Å². The van der Waals surface area contributed by atoms with E-state index < -0.39 is 0 Å². The normalized spacial score (nSPS) is 27.6. The standard InChI is InChI=1S/C24H38N4O/c1-3-25-24(27-22-15-21-13-14-23(22)29-21)26-16-18-9-7-8-10-19(18)17-28(2)20-11-5-4-6-12-20/h7-10,20-23H,3-6,11-17H2,1-2H3,(H2,25,26,27). The molecule has 4 rings (SSSR count). The highest BCUT2D eigenvalue weighted by Crippen LogP contribution is 2.34. The molecular formula is C24H38N4O. The van der Waals surface area contributed by atoms with Crippen LogP contribution in [-0.2, 0) is 17.8 Å². The first-order chi connectivity index (χ1) is 14.2. The number of nitrogens with one attached hydrogen (secondary N) is 2. The summed E-state index contributed by atoms with van der Waals surface area (Å²) in [6.07, 6.45) is 11.2. The zero-order valence-corrected chi connectivity index (χ0v) is 18.2. The molecule has 2 aliphatic heterocycles. The second-order valence-corrected chi connectivity index (χ2v) is 9.03. The summed E-state index contributed by atoms with van der Waals surface area (Å²) >= 11 is 0. The monoisotopic (exact) mass is 398 g/mol. The number of ether oxygens (including phenoxy) is 1. The molecule has 3 aliphatic rings. The number of guanidine groups is 1. The van der Waals surface area contributed by atoms with Crippen LogP contribution in [0.1, 0.15) is 69.4 Å². The third-order valence-electron chi connectivity index (χ3n) is 6.92. The zero-order valence-electron chi connectivity index (χ0n) is 18.2. The molecule has 1 aromatic rings. The number of aliphatic imine (C=N–C) groups is 1. The van der Waals surface area contributed by atoms with E-state index in [1.54, 1.807) is 0 Å². The van der Waals surface area contributed by atoms with Gasteiger partial charge in [0.05, 0.1) is 24.8 Å². The molecule has 2 saturated heterocycles. The van der Waals surface area contributed by atoms with E-state index in [2.05, 4.69) is 53.8 Å². The Morgan fingerprint density at radius 2 is 1.90 bits per heavy atom. The second kappa shape index (κ2) is 9.94. The lowest BCUT2D eigenvalue weighted by atomic mass is 9.94. The lowest BCUT2D eigenvalue weighted by Crippen LogP contribution is -2.47. The molecule has 0 spiro atoms. The van der Waals surface area contributed by atoms with Crippen LogP contribution in [0.4, 0.5) is 0 Å². The van der Waals surface area contributed by atoms with Crippen molar-refractivity contribution in [1.82, 2.24) is 15.5 Å². The predicted molar refractivity (Wildman–Crippen MR) is 119 cm³/mol. The highest BCUT2D eigenvalue weighted by atomic mass is 16.5. The van der Waals surface area contributed by atoms with E-state index in [9.17, 15) is 0 Å². The van der Waals surface area contributed by atoms with Crippen molar-refractivity contribution < 1.29 is 4.74 Å². The molecule has 1 saturated carbocycles. The summed E-state index contributed by atoms with van der Waals surface area (Å²) in [6.45, 7) is 4.73. The average Bonchev–Trinajstić information content (AvgIpc) is 3.37. The van der Waals surface area contributed by atoms with Crippen molar-refractivity contribution in [3.8, 4) is 0 Å². The van der Waals surface area contributed by atoms with Crippen LogP contribution in [0.25, 0.3) is 0 Å². The van der Waals surface area contributed by atoms with E-state index in [0.717, 1.165) is 31.5 Å². The number of benzene rings is 1. The highest BCUT2D eigenvalue weighted by Gasteiger charge is 2.41. The molecule has 0 amide bonds. The highest BCUT2D eigenvalue weighted by molar-refractivity contribution is 5.80. The van der Waals surface area contributed by atoms with Crippen molar-refractivity contribution >= 4 is 5.96 Å². The summed E-state index contributed by atoms with van der Waals surface area (Å²) in [7, 11) is 2.29. The fraction of sp³-hybridized carbons (Fsp3) is 0.708. The van der Waals surface area contributed by atoms with Crippen molar-refractivity contribution in [3.05, 3.63) is 35.4 Å². The molecule has 2 heterocycles. The smallest absolute Gasteiger partial charge is 0.191 e. The molecule has 2 N–H and O–H groups in total. The minimum absolute atomic E-state index is 0.361. The van der Waals surface area contributed by atoms with E-state index in [1.165, 1.54) is 56.1 Å². The first-order valence-electron chi connectivity index (χ1n) is 11.7. The summed E-state index contributed by atoms with van der Waals surface area (Å²) in [5.41, 5.74) is 2.74.